The minimum absolute atomic E-state index is 0.00328. The van der Waals surface area contributed by atoms with Crippen LogP contribution in [-0.2, 0) is 14.0 Å². The zero-order valence-electron chi connectivity index (χ0n) is 14.6. The fourth-order valence-corrected chi connectivity index (χ4v) is 3.19. The van der Waals surface area contributed by atoms with Crippen LogP contribution in [0.4, 0.5) is 0 Å². The van der Waals surface area contributed by atoms with Crippen molar-refractivity contribution in [1.29, 1.82) is 0 Å². The van der Waals surface area contributed by atoms with Gasteiger partial charge in [-0.2, -0.15) is 0 Å². The molecule has 0 bridgehead atoms. The SMILES string of the molecule is CC1(C)OB(c2ccc(Br)c(C(=O)N3CCOCC3)c2)OC1(C)C. The second-order valence-corrected chi connectivity index (χ2v) is 8.09. The molecule has 7 heteroatoms. The van der Waals surface area contributed by atoms with Crippen LogP contribution in [0.15, 0.2) is 22.7 Å². The fourth-order valence-electron chi connectivity index (χ4n) is 2.77. The van der Waals surface area contributed by atoms with Gasteiger partial charge in [-0.1, -0.05) is 6.07 Å². The Labute approximate surface area is 151 Å². The van der Waals surface area contributed by atoms with E-state index in [1.807, 2.05) is 50.8 Å². The summed E-state index contributed by atoms with van der Waals surface area (Å²) in [5.41, 5.74) is 0.677. The lowest BCUT2D eigenvalue weighted by atomic mass is 9.78. The van der Waals surface area contributed by atoms with Gasteiger partial charge >= 0.3 is 7.12 Å². The number of nitrogens with zero attached hydrogens (tertiary/aromatic N) is 1. The first kappa shape index (κ1) is 17.9. The van der Waals surface area contributed by atoms with Crippen molar-refractivity contribution in [2.45, 2.75) is 38.9 Å². The van der Waals surface area contributed by atoms with Gasteiger partial charge in [0.2, 0.25) is 0 Å². The summed E-state index contributed by atoms with van der Waals surface area (Å²) in [6.07, 6.45) is 0. The van der Waals surface area contributed by atoms with Gasteiger partial charge in [0.05, 0.1) is 30.0 Å². The van der Waals surface area contributed by atoms with Crippen molar-refractivity contribution < 1.29 is 18.8 Å². The highest BCUT2D eigenvalue weighted by atomic mass is 79.9. The number of benzene rings is 1. The summed E-state index contributed by atoms with van der Waals surface area (Å²) >= 11 is 3.49. The van der Waals surface area contributed by atoms with Crippen LogP contribution < -0.4 is 5.46 Å². The molecule has 2 saturated heterocycles. The van der Waals surface area contributed by atoms with E-state index in [9.17, 15) is 4.79 Å². The lowest BCUT2D eigenvalue weighted by Gasteiger charge is -2.32. The average Bonchev–Trinajstić information content (AvgIpc) is 2.76. The van der Waals surface area contributed by atoms with Crippen LogP contribution in [0.2, 0.25) is 0 Å². The number of amides is 1. The average molecular weight is 396 g/mol. The Morgan fingerprint density at radius 3 is 2.29 bits per heavy atom. The van der Waals surface area contributed by atoms with Crippen molar-refractivity contribution in [3.05, 3.63) is 28.2 Å². The third-order valence-corrected chi connectivity index (χ3v) is 5.74. The molecule has 1 aromatic rings. The van der Waals surface area contributed by atoms with Gasteiger partial charge in [-0.05, 0) is 61.2 Å². The molecule has 5 nitrogen and oxygen atoms in total. The first-order valence-corrected chi connectivity index (χ1v) is 9.03. The second kappa shape index (κ2) is 6.44. The maximum absolute atomic E-state index is 12.8. The van der Waals surface area contributed by atoms with E-state index in [0.717, 1.165) is 9.94 Å². The van der Waals surface area contributed by atoms with Crippen LogP contribution in [0.3, 0.4) is 0 Å². The maximum Gasteiger partial charge on any atom is 0.494 e. The van der Waals surface area contributed by atoms with Crippen LogP contribution in [0, 0.1) is 0 Å². The Hall–Kier alpha value is -0.885. The van der Waals surface area contributed by atoms with Crippen molar-refractivity contribution in [3.8, 4) is 0 Å². The largest absolute Gasteiger partial charge is 0.494 e. The molecule has 1 amide bonds. The van der Waals surface area contributed by atoms with E-state index in [4.69, 9.17) is 14.0 Å². The van der Waals surface area contributed by atoms with Gasteiger partial charge in [0.25, 0.3) is 5.91 Å². The molecule has 0 unspecified atom stereocenters. The summed E-state index contributed by atoms with van der Waals surface area (Å²) in [6, 6.07) is 5.68. The van der Waals surface area contributed by atoms with Crippen molar-refractivity contribution >= 4 is 34.4 Å². The van der Waals surface area contributed by atoms with E-state index in [1.165, 1.54) is 0 Å². The van der Waals surface area contributed by atoms with Gasteiger partial charge < -0.3 is 18.9 Å². The molecule has 0 aromatic heterocycles. The molecule has 0 spiro atoms. The zero-order valence-corrected chi connectivity index (χ0v) is 16.2. The molecule has 3 rings (SSSR count). The molecule has 130 valence electrons. The molecule has 0 atom stereocenters. The normalized spacial score (nSPS) is 22.7. The zero-order chi connectivity index (χ0) is 17.5. The van der Waals surface area contributed by atoms with Crippen LogP contribution in [0.5, 0.6) is 0 Å². The highest BCUT2D eigenvalue weighted by Gasteiger charge is 2.51. The Bertz CT molecular complexity index is 627. The molecule has 2 heterocycles. The molecule has 2 fully saturated rings. The Morgan fingerprint density at radius 2 is 1.71 bits per heavy atom. The van der Waals surface area contributed by atoms with E-state index in [1.54, 1.807) is 0 Å². The Morgan fingerprint density at radius 1 is 1.12 bits per heavy atom. The summed E-state index contributed by atoms with van der Waals surface area (Å²) in [5, 5.41) is 0. The fraction of sp³-hybridized carbons (Fsp3) is 0.588. The van der Waals surface area contributed by atoms with Crippen molar-refractivity contribution in [1.82, 2.24) is 4.90 Å². The predicted octanol–water partition coefficient (Wildman–Crippen LogP) is 2.22. The molecular weight excluding hydrogens is 373 g/mol. The molecule has 0 saturated carbocycles. The van der Waals surface area contributed by atoms with Crippen molar-refractivity contribution in [2.24, 2.45) is 0 Å². The molecule has 24 heavy (non-hydrogen) atoms. The summed E-state index contributed by atoms with van der Waals surface area (Å²) < 4.78 is 18.3. The van der Waals surface area contributed by atoms with Gasteiger partial charge in [0.1, 0.15) is 0 Å². The van der Waals surface area contributed by atoms with Crippen LogP contribution >= 0.6 is 15.9 Å². The Balaban J connectivity index is 1.86. The van der Waals surface area contributed by atoms with E-state index < -0.39 is 18.3 Å². The van der Waals surface area contributed by atoms with Gasteiger partial charge in [0, 0.05) is 17.6 Å². The lowest BCUT2D eigenvalue weighted by Crippen LogP contribution is -2.41. The number of carbonyl (C=O) groups is 1. The molecule has 1 aromatic carbocycles. The molecule has 2 aliphatic rings. The second-order valence-electron chi connectivity index (χ2n) is 7.23. The number of halogens is 1. The van der Waals surface area contributed by atoms with E-state index >= 15 is 0 Å². The van der Waals surface area contributed by atoms with Gasteiger partial charge in [-0.25, -0.2) is 0 Å². The third-order valence-electron chi connectivity index (χ3n) is 5.04. The molecule has 0 aliphatic carbocycles. The van der Waals surface area contributed by atoms with Crippen molar-refractivity contribution in [2.75, 3.05) is 26.3 Å². The summed E-state index contributed by atoms with van der Waals surface area (Å²) in [7, 11) is -0.473. The minimum atomic E-state index is -0.473. The summed E-state index contributed by atoms with van der Waals surface area (Å²) in [6.45, 7) is 10.5. The van der Waals surface area contributed by atoms with Gasteiger partial charge in [-0.3, -0.25) is 4.79 Å². The van der Waals surface area contributed by atoms with Gasteiger partial charge in [-0.15, -0.1) is 0 Å². The van der Waals surface area contributed by atoms with E-state index in [0.29, 0.717) is 31.9 Å². The van der Waals surface area contributed by atoms with E-state index in [-0.39, 0.29) is 5.91 Å². The molecular formula is C17H23BBrNO4. The standard InChI is InChI=1S/C17H23BBrNO4/c1-16(2)17(3,4)24-18(23-16)12-5-6-14(19)13(11-12)15(21)20-7-9-22-10-8-20/h5-6,11H,7-10H2,1-4H3. The smallest absolute Gasteiger partial charge is 0.399 e. The number of rotatable bonds is 2. The van der Waals surface area contributed by atoms with Crippen LogP contribution in [-0.4, -0.2) is 55.4 Å². The van der Waals surface area contributed by atoms with Crippen LogP contribution in [0.1, 0.15) is 38.1 Å². The Kier molecular flexibility index (Phi) is 4.81. The van der Waals surface area contributed by atoms with E-state index in [2.05, 4.69) is 15.9 Å². The van der Waals surface area contributed by atoms with Gasteiger partial charge in [0.15, 0.2) is 0 Å². The first-order valence-electron chi connectivity index (χ1n) is 8.23. The number of hydrogen-bond donors (Lipinski definition) is 0. The minimum Gasteiger partial charge on any atom is -0.399 e. The third kappa shape index (κ3) is 3.27. The topological polar surface area (TPSA) is 48.0 Å². The number of carbonyl (C=O) groups excluding carboxylic acids is 1. The predicted molar refractivity (Wildman–Crippen MR) is 96.6 cm³/mol. The first-order chi connectivity index (χ1) is 11.2. The number of hydrogen-bond acceptors (Lipinski definition) is 4. The highest BCUT2D eigenvalue weighted by Crippen LogP contribution is 2.36. The summed E-state index contributed by atoms with van der Waals surface area (Å²) in [4.78, 5) is 14.6. The lowest BCUT2D eigenvalue weighted by molar-refractivity contribution is 0.00578. The van der Waals surface area contributed by atoms with Crippen LogP contribution in [0.25, 0.3) is 0 Å². The summed E-state index contributed by atoms with van der Waals surface area (Å²) in [5.74, 6) is 0.00328. The monoisotopic (exact) mass is 395 g/mol. The molecule has 0 radical (unpaired) electrons. The number of ether oxygens (including phenoxy) is 1. The highest BCUT2D eigenvalue weighted by molar-refractivity contribution is 9.10. The molecule has 2 aliphatic heterocycles. The van der Waals surface area contributed by atoms with Crippen molar-refractivity contribution in [3.63, 3.8) is 0 Å². The quantitative estimate of drug-likeness (QED) is 0.720. The maximum atomic E-state index is 12.8. The molecule has 0 N–H and O–H groups in total. The number of morpholine rings is 1.